The largest absolute Gasteiger partial charge is 0.327 e. The van der Waals surface area contributed by atoms with Gasteiger partial charge in [0, 0.05) is 12.2 Å². The van der Waals surface area contributed by atoms with Crippen molar-refractivity contribution in [3.63, 3.8) is 0 Å². The molecule has 0 aromatic carbocycles. The second kappa shape index (κ2) is 4.96. The van der Waals surface area contributed by atoms with Crippen LogP contribution in [0.5, 0.6) is 0 Å². The van der Waals surface area contributed by atoms with E-state index in [2.05, 4.69) is 25.8 Å². The molecule has 1 aromatic heterocycles. The van der Waals surface area contributed by atoms with E-state index >= 15 is 0 Å². The zero-order chi connectivity index (χ0) is 13.3. The number of nitrogens with zero attached hydrogens (tertiary/aromatic N) is 1. The zero-order valence-electron chi connectivity index (χ0n) is 11.5. The third kappa shape index (κ3) is 2.41. The van der Waals surface area contributed by atoms with Gasteiger partial charge in [-0.15, -0.1) is 0 Å². The summed E-state index contributed by atoms with van der Waals surface area (Å²) in [4.78, 5) is 3.83. The molecule has 100 valence electrons. The van der Waals surface area contributed by atoms with Gasteiger partial charge in [-0.25, -0.2) is 4.39 Å². The van der Waals surface area contributed by atoms with E-state index in [4.69, 9.17) is 5.73 Å². The first-order valence-electron chi connectivity index (χ1n) is 6.78. The van der Waals surface area contributed by atoms with Crippen molar-refractivity contribution in [3.8, 4) is 0 Å². The van der Waals surface area contributed by atoms with Crippen LogP contribution in [0, 0.1) is 17.7 Å². The molecule has 2 nitrogen and oxygen atoms in total. The minimum Gasteiger partial charge on any atom is -0.327 e. The van der Waals surface area contributed by atoms with Gasteiger partial charge in [-0.3, -0.25) is 4.98 Å². The lowest BCUT2D eigenvalue weighted by atomic mass is 9.64. The Hall–Kier alpha value is -0.960. The normalized spacial score (nSPS) is 29.3. The molecular weight excluding hydrogens is 227 g/mol. The van der Waals surface area contributed by atoms with E-state index in [1.807, 2.05) is 0 Å². The van der Waals surface area contributed by atoms with Crippen molar-refractivity contribution in [2.75, 3.05) is 0 Å². The average Bonchev–Trinajstić information content (AvgIpc) is 2.28. The number of pyridine rings is 1. The standard InChI is InChI=1S/C15H23FN2/c1-10-4-5-12(14(17)8-10)15(2,3)11-6-7-18-9-13(11)16/h6-7,9-10,12,14H,4-5,8,17H2,1-3H3. The summed E-state index contributed by atoms with van der Waals surface area (Å²) in [6.45, 7) is 6.45. The molecule has 0 saturated heterocycles. The van der Waals surface area contributed by atoms with Crippen LogP contribution in [0.25, 0.3) is 0 Å². The first kappa shape index (κ1) is 13.5. The number of halogens is 1. The first-order valence-corrected chi connectivity index (χ1v) is 6.78. The second-order valence-electron chi connectivity index (χ2n) is 6.27. The number of hydrogen-bond acceptors (Lipinski definition) is 2. The fourth-order valence-electron chi connectivity index (χ4n) is 3.42. The molecule has 2 rings (SSSR count). The summed E-state index contributed by atoms with van der Waals surface area (Å²) in [6, 6.07) is 1.96. The molecule has 0 amide bonds. The van der Waals surface area contributed by atoms with E-state index in [9.17, 15) is 4.39 Å². The number of nitrogens with two attached hydrogens (primary N) is 1. The lowest BCUT2D eigenvalue weighted by Crippen LogP contribution is -2.46. The second-order valence-corrected chi connectivity index (χ2v) is 6.27. The van der Waals surface area contributed by atoms with Gasteiger partial charge in [0.2, 0.25) is 0 Å². The van der Waals surface area contributed by atoms with Crippen molar-refractivity contribution in [2.24, 2.45) is 17.6 Å². The Morgan fingerprint density at radius 1 is 1.39 bits per heavy atom. The van der Waals surface area contributed by atoms with Gasteiger partial charge in [-0.05, 0) is 41.7 Å². The quantitative estimate of drug-likeness (QED) is 0.875. The summed E-state index contributed by atoms with van der Waals surface area (Å²) in [7, 11) is 0. The third-order valence-electron chi connectivity index (χ3n) is 4.56. The van der Waals surface area contributed by atoms with Crippen molar-refractivity contribution in [1.29, 1.82) is 0 Å². The summed E-state index contributed by atoms with van der Waals surface area (Å²) in [6.07, 6.45) is 6.28. The molecule has 2 N–H and O–H groups in total. The number of hydrogen-bond donors (Lipinski definition) is 1. The van der Waals surface area contributed by atoms with Gasteiger partial charge in [0.15, 0.2) is 0 Å². The molecule has 1 fully saturated rings. The van der Waals surface area contributed by atoms with Crippen molar-refractivity contribution in [3.05, 3.63) is 29.8 Å². The third-order valence-corrected chi connectivity index (χ3v) is 4.56. The Morgan fingerprint density at radius 3 is 2.72 bits per heavy atom. The van der Waals surface area contributed by atoms with Crippen LogP contribution in [0.2, 0.25) is 0 Å². The van der Waals surface area contributed by atoms with Crippen LogP contribution < -0.4 is 5.73 Å². The van der Waals surface area contributed by atoms with Crippen LogP contribution in [0.4, 0.5) is 4.39 Å². The molecule has 0 bridgehead atoms. The van der Waals surface area contributed by atoms with Gasteiger partial charge in [0.1, 0.15) is 5.82 Å². The van der Waals surface area contributed by atoms with E-state index < -0.39 is 0 Å². The fraction of sp³-hybridized carbons (Fsp3) is 0.667. The maximum Gasteiger partial charge on any atom is 0.145 e. The monoisotopic (exact) mass is 250 g/mol. The molecular formula is C15H23FN2. The molecule has 1 saturated carbocycles. The van der Waals surface area contributed by atoms with E-state index in [-0.39, 0.29) is 17.3 Å². The highest BCUT2D eigenvalue weighted by atomic mass is 19.1. The molecule has 3 heteroatoms. The lowest BCUT2D eigenvalue weighted by Gasteiger charge is -2.43. The summed E-state index contributed by atoms with van der Waals surface area (Å²) in [5.74, 6) is 0.813. The Balaban J connectivity index is 2.28. The molecule has 1 aliphatic carbocycles. The van der Waals surface area contributed by atoms with E-state index in [1.54, 1.807) is 12.3 Å². The first-order chi connectivity index (χ1) is 8.43. The van der Waals surface area contributed by atoms with E-state index in [0.29, 0.717) is 11.8 Å². The van der Waals surface area contributed by atoms with Crippen LogP contribution in [0.1, 0.15) is 45.6 Å². The van der Waals surface area contributed by atoms with Gasteiger partial charge in [-0.1, -0.05) is 27.2 Å². The molecule has 1 aliphatic rings. The number of aromatic nitrogens is 1. The average molecular weight is 250 g/mol. The smallest absolute Gasteiger partial charge is 0.145 e. The van der Waals surface area contributed by atoms with Crippen molar-refractivity contribution >= 4 is 0 Å². The highest BCUT2D eigenvalue weighted by molar-refractivity contribution is 5.24. The Morgan fingerprint density at radius 2 is 2.11 bits per heavy atom. The maximum atomic E-state index is 13.9. The Bertz CT molecular complexity index is 417. The molecule has 3 atom stereocenters. The minimum absolute atomic E-state index is 0.163. The molecule has 1 aromatic rings. The van der Waals surface area contributed by atoms with Crippen LogP contribution in [-0.4, -0.2) is 11.0 Å². The molecule has 3 unspecified atom stereocenters. The summed E-state index contributed by atoms with van der Waals surface area (Å²) >= 11 is 0. The van der Waals surface area contributed by atoms with Gasteiger partial charge >= 0.3 is 0 Å². The predicted molar refractivity (Wildman–Crippen MR) is 71.7 cm³/mol. The van der Waals surface area contributed by atoms with Crippen LogP contribution in [0.3, 0.4) is 0 Å². The van der Waals surface area contributed by atoms with E-state index in [0.717, 1.165) is 18.4 Å². The lowest BCUT2D eigenvalue weighted by molar-refractivity contribution is 0.168. The summed E-state index contributed by atoms with van der Waals surface area (Å²) in [5, 5.41) is 0. The Kier molecular flexibility index (Phi) is 3.71. The molecule has 0 spiro atoms. The van der Waals surface area contributed by atoms with Crippen molar-refractivity contribution in [1.82, 2.24) is 4.98 Å². The van der Waals surface area contributed by atoms with Crippen LogP contribution in [0.15, 0.2) is 18.5 Å². The molecule has 18 heavy (non-hydrogen) atoms. The predicted octanol–water partition coefficient (Wildman–Crippen LogP) is 3.26. The highest BCUT2D eigenvalue weighted by Crippen LogP contribution is 2.42. The SMILES string of the molecule is CC1CCC(C(C)(C)c2ccncc2F)C(N)C1. The number of rotatable bonds is 2. The van der Waals surface area contributed by atoms with Gasteiger partial charge < -0.3 is 5.73 Å². The van der Waals surface area contributed by atoms with E-state index in [1.165, 1.54) is 12.6 Å². The van der Waals surface area contributed by atoms with Crippen LogP contribution in [-0.2, 0) is 5.41 Å². The highest BCUT2D eigenvalue weighted by Gasteiger charge is 2.39. The van der Waals surface area contributed by atoms with Crippen LogP contribution >= 0.6 is 0 Å². The van der Waals surface area contributed by atoms with Gasteiger partial charge in [-0.2, -0.15) is 0 Å². The fourth-order valence-corrected chi connectivity index (χ4v) is 3.42. The molecule has 1 heterocycles. The van der Waals surface area contributed by atoms with Crippen molar-refractivity contribution < 1.29 is 4.39 Å². The van der Waals surface area contributed by atoms with Gasteiger partial charge in [0.25, 0.3) is 0 Å². The zero-order valence-corrected chi connectivity index (χ0v) is 11.5. The Labute approximate surface area is 109 Å². The van der Waals surface area contributed by atoms with Gasteiger partial charge in [0.05, 0.1) is 6.20 Å². The van der Waals surface area contributed by atoms with Crippen molar-refractivity contribution in [2.45, 2.75) is 51.5 Å². The minimum atomic E-state index is -0.230. The molecule has 0 radical (unpaired) electrons. The summed E-state index contributed by atoms with van der Waals surface area (Å²) in [5.41, 5.74) is 6.82. The molecule has 0 aliphatic heterocycles. The maximum absolute atomic E-state index is 13.9. The summed E-state index contributed by atoms with van der Waals surface area (Å²) < 4.78 is 13.9. The topological polar surface area (TPSA) is 38.9 Å².